The molecule has 0 aliphatic carbocycles. The van der Waals surface area contributed by atoms with Gasteiger partial charge in [0.2, 0.25) is 11.9 Å². The number of benzene rings is 1. The molecule has 6 nitrogen and oxygen atoms in total. The van der Waals surface area contributed by atoms with Crippen LogP contribution in [-0.2, 0) is 4.79 Å². The van der Waals surface area contributed by atoms with E-state index in [2.05, 4.69) is 26.3 Å². The first-order valence-corrected chi connectivity index (χ1v) is 9.37. The highest BCUT2D eigenvalue weighted by atomic mass is 32.2. The van der Waals surface area contributed by atoms with E-state index >= 15 is 0 Å². The van der Waals surface area contributed by atoms with Crippen LogP contribution in [-0.4, -0.2) is 46.1 Å². The van der Waals surface area contributed by atoms with E-state index in [0.717, 1.165) is 24.7 Å². The molecule has 1 N–H and O–H groups in total. The Labute approximate surface area is 152 Å². The van der Waals surface area contributed by atoms with Gasteiger partial charge in [-0.2, -0.15) is 0 Å². The van der Waals surface area contributed by atoms with Crippen molar-refractivity contribution in [2.24, 2.45) is 0 Å². The van der Waals surface area contributed by atoms with Gasteiger partial charge in [0.1, 0.15) is 0 Å². The third kappa shape index (κ3) is 4.34. The lowest BCUT2D eigenvalue weighted by atomic mass is 10.1. The molecule has 1 saturated heterocycles. The standard InChI is InChI=1S/C18H21N5OS/c1-2-11-19-16(24)14-25-18-21-20-17(22-12-7-4-8-13-22)23(18)15-9-5-3-6-10-15/h1,3,5-6,9-10H,4,7-8,11-14H2,(H,19,24). The molecule has 0 saturated carbocycles. The van der Waals surface area contributed by atoms with Crippen LogP contribution >= 0.6 is 11.8 Å². The third-order valence-corrected chi connectivity index (χ3v) is 4.92. The van der Waals surface area contributed by atoms with E-state index in [9.17, 15) is 4.79 Å². The maximum Gasteiger partial charge on any atom is 0.232 e. The van der Waals surface area contributed by atoms with Crippen LogP contribution in [0.2, 0.25) is 0 Å². The molecule has 2 aromatic rings. The number of carbonyl (C=O) groups excluding carboxylic acids is 1. The van der Waals surface area contributed by atoms with Crippen molar-refractivity contribution in [2.45, 2.75) is 24.4 Å². The van der Waals surface area contributed by atoms with E-state index in [1.165, 1.54) is 31.0 Å². The molecule has 1 aliphatic heterocycles. The largest absolute Gasteiger partial charge is 0.344 e. The van der Waals surface area contributed by atoms with E-state index in [-0.39, 0.29) is 18.2 Å². The molecule has 1 aromatic heterocycles. The van der Waals surface area contributed by atoms with Crippen molar-refractivity contribution in [1.29, 1.82) is 0 Å². The molecule has 7 heteroatoms. The Balaban J connectivity index is 1.84. The highest BCUT2D eigenvalue weighted by Crippen LogP contribution is 2.28. The highest BCUT2D eigenvalue weighted by molar-refractivity contribution is 7.99. The zero-order valence-corrected chi connectivity index (χ0v) is 14.8. The number of aromatic nitrogens is 3. The number of rotatable bonds is 6. The summed E-state index contributed by atoms with van der Waals surface area (Å²) >= 11 is 1.37. The second kappa shape index (κ2) is 8.58. The topological polar surface area (TPSA) is 63.1 Å². The third-order valence-electron chi connectivity index (χ3n) is 3.99. The minimum Gasteiger partial charge on any atom is -0.344 e. The molecule has 0 atom stereocenters. The monoisotopic (exact) mass is 355 g/mol. The molecule has 0 bridgehead atoms. The van der Waals surface area contributed by atoms with Gasteiger partial charge in [0.05, 0.1) is 18.0 Å². The first kappa shape index (κ1) is 17.4. The number of para-hydroxylation sites is 1. The van der Waals surface area contributed by atoms with Crippen molar-refractivity contribution >= 4 is 23.6 Å². The number of anilines is 1. The van der Waals surface area contributed by atoms with Gasteiger partial charge in [0, 0.05) is 13.1 Å². The average molecular weight is 355 g/mol. The maximum atomic E-state index is 11.8. The summed E-state index contributed by atoms with van der Waals surface area (Å²) in [5.74, 6) is 3.40. The summed E-state index contributed by atoms with van der Waals surface area (Å²) < 4.78 is 2.03. The normalized spacial score (nSPS) is 14.1. The van der Waals surface area contributed by atoms with E-state index in [1.54, 1.807) is 0 Å². The van der Waals surface area contributed by atoms with Gasteiger partial charge in [-0.1, -0.05) is 35.9 Å². The summed E-state index contributed by atoms with van der Waals surface area (Å²) in [4.78, 5) is 14.1. The van der Waals surface area contributed by atoms with Crippen LogP contribution in [0.5, 0.6) is 0 Å². The predicted octanol–water partition coefficient (Wildman–Crippen LogP) is 2.10. The highest BCUT2D eigenvalue weighted by Gasteiger charge is 2.21. The summed E-state index contributed by atoms with van der Waals surface area (Å²) in [6, 6.07) is 10.0. The zero-order valence-electron chi connectivity index (χ0n) is 14.0. The van der Waals surface area contributed by atoms with Gasteiger partial charge >= 0.3 is 0 Å². The fraction of sp³-hybridized carbons (Fsp3) is 0.389. The van der Waals surface area contributed by atoms with E-state index in [0.29, 0.717) is 5.16 Å². The number of nitrogens with zero attached hydrogens (tertiary/aromatic N) is 4. The van der Waals surface area contributed by atoms with E-state index in [1.807, 2.05) is 34.9 Å². The predicted molar refractivity (Wildman–Crippen MR) is 100.0 cm³/mol. The molecule has 1 fully saturated rings. The second-order valence-corrected chi connectivity index (χ2v) is 6.71. The molecular formula is C18H21N5OS. The van der Waals surface area contributed by atoms with Crippen molar-refractivity contribution in [2.75, 3.05) is 30.3 Å². The van der Waals surface area contributed by atoms with Gasteiger partial charge in [-0.15, -0.1) is 16.6 Å². The summed E-state index contributed by atoms with van der Waals surface area (Å²) in [7, 11) is 0. The Kier molecular flexibility index (Phi) is 5.96. The summed E-state index contributed by atoms with van der Waals surface area (Å²) in [5, 5.41) is 12.1. The minimum atomic E-state index is -0.106. The van der Waals surface area contributed by atoms with Crippen LogP contribution in [0, 0.1) is 12.3 Å². The Morgan fingerprint density at radius 1 is 1.20 bits per heavy atom. The first-order valence-electron chi connectivity index (χ1n) is 8.38. The number of hydrogen-bond donors (Lipinski definition) is 1. The molecule has 25 heavy (non-hydrogen) atoms. The van der Waals surface area contributed by atoms with Gasteiger partial charge in [-0.05, 0) is 31.4 Å². The fourth-order valence-corrected chi connectivity index (χ4v) is 3.57. The van der Waals surface area contributed by atoms with Gasteiger partial charge < -0.3 is 10.2 Å². The Morgan fingerprint density at radius 2 is 1.96 bits per heavy atom. The van der Waals surface area contributed by atoms with Gasteiger partial charge in [-0.3, -0.25) is 9.36 Å². The second-order valence-electron chi connectivity index (χ2n) is 5.77. The first-order chi connectivity index (χ1) is 12.3. The molecule has 0 radical (unpaired) electrons. The van der Waals surface area contributed by atoms with Crippen molar-refractivity contribution in [3.05, 3.63) is 30.3 Å². The van der Waals surface area contributed by atoms with Crippen molar-refractivity contribution in [1.82, 2.24) is 20.1 Å². The molecular weight excluding hydrogens is 334 g/mol. The fourth-order valence-electron chi connectivity index (χ4n) is 2.79. The summed E-state index contributed by atoms with van der Waals surface area (Å²) in [6.07, 6.45) is 8.75. The summed E-state index contributed by atoms with van der Waals surface area (Å²) in [5.41, 5.74) is 1.000. The lowest BCUT2D eigenvalue weighted by molar-refractivity contribution is -0.118. The number of carbonyl (C=O) groups is 1. The molecule has 0 unspecified atom stereocenters. The smallest absolute Gasteiger partial charge is 0.232 e. The van der Waals surface area contributed by atoms with Crippen LogP contribution in [0.1, 0.15) is 19.3 Å². The lowest BCUT2D eigenvalue weighted by Gasteiger charge is -2.27. The number of amides is 1. The van der Waals surface area contributed by atoms with Crippen molar-refractivity contribution in [3.63, 3.8) is 0 Å². The number of piperidine rings is 1. The van der Waals surface area contributed by atoms with Crippen LogP contribution in [0.25, 0.3) is 5.69 Å². The molecule has 0 spiro atoms. The maximum absolute atomic E-state index is 11.8. The molecule has 2 heterocycles. The molecule has 1 aliphatic rings. The number of terminal acetylenes is 1. The summed E-state index contributed by atoms with van der Waals surface area (Å²) in [6.45, 7) is 2.21. The lowest BCUT2D eigenvalue weighted by Crippen LogP contribution is -2.31. The number of thioether (sulfide) groups is 1. The number of hydrogen-bond acceptors (Lipinski definition) is 5. The SMILES string of the molecule is C#CCNC(=O)CSc1nnc(N2CCCCC2)n1-c1ccccc1. The van der Waals surface area contributed by atoms with Crippen molar-refractivity contribution < 1.29 is 4.79 Å². The van der Waals surface area contributed by atoms with Crippen LogP contribution in [0.3, 0.4) is 0 Å². The Bertz CT molecular complexity index is 747. The molecule has 3 rings (SSSR count). The van der Waals surface area contributed by atoms with E-state index in [4.69, 9.17) is 6.42 Å². The van der Waals surface area contributed by atoms with Gasteiger partial charge in [-0.25, -0.2) is 0 Å². The van der Waals surface area contributed by atoms with Crippen LogP contribution < -0.4 is 10.2 Å². The van der Waals surface area contributed by atoms with Gasteiger partial charge in [0.15, 0.2) is 5.16 Å². The minimum absolute atomic E-state index is 0.106. The molecule has 1 aromatic carbocycles. The van der Waals surface area contributed by atoms with Crippen LogP contribution in [0.4, 0.5) is 5.95 Å². The van der Waals surface area contributed by atoms with E-state index < -0.39 is 0 Å². The molecule has 1 amide bonds. The van der Waals surface area contributed by atoms with Crippen LogP contribution in [0.15, 0.2) is 35.5 Å². The Morgan fingerprint density at radius 3 is 2.68 bits per heavy atom. The number of nitrogens with one attached hydrogen (secondary N) is 1. The molecule has 130 valence electrons. The average Bonchev–Trinajstić information content (AvgIpc) is 3.10. The Hall–Kier alpha value is -2.46. The van der Waals surface area contributed by atoms with Gasteiger partial charge in [0.25, 0.3) is 0 Å². The zero-order chi connectivity index (χ0) is 17.5. The van der Waals surface area contributed by atoms with Crippen molar-refractivity contribution in [3.8, 4) is 18.0 Å². The quantitative estimate of drug-likeness (QED) is 0.635.